The lowest BCUT2D eigenvalue weighted by molar-refractivity contribution is -0.133. The average Bonchev–Trinajstić information content (AvgIpc) is 2.77. The Morgan fingerprint density at radius 1 is 1.09 bits per heavy atom. The van der Waals surface area contributed by atoms with Gasteiger partial charge in [0.2, 0.25) is 5.91 Å². The van der Waals surface area contributed by atoms with Gasteiger partial charge in [0.05, 0.1) is 6.54 Å². The maximum Gasteiger partial charge on any atom is 0.387 e. The quantitative estimate of drug-likeness (QED) is 0.325. The van der Waals surface area contributed by atoms with Gasteiger partial charge in [0.15, 0.2) is 5.96 Å². The highest BCUT2D eigenvalue weighted by atomic mass is 127. The van der Waals surface area contributed by atoms with Crippen molar-refractivity contribution < 1.29 is 22.7 Å². The molecule has 2 aliphatic heterocycles. The third-order valence-electron chi connectivity index (χ3n) is 5.67. The Balaban J connectivity index is 0.00000363. The molecule has 2 heterocycles. The fraction of sp³-hybridized carbons (Fsp3) is 0.619. The number of guanidine groups is 1. The number of hydrogen-bond donors (Lipinski definition) is 1. The summed E-state index contributed by atoms with van der Waals surface area (Å²) in [6, 6.07) is 3.85. The monoisotopic (exact) mass is 569 g/mol. The summed E-state index contributed by atoms with van der Waals surface area (Å²) in [6.07, 6.45) is 3.35. The van der Waals surface area contributed by atoms with Crippen molar-refractivity contribution in [1.82, 2.24) is 20.0 Å². The van der Waals surface area contributed by atoms with Gasteiger partial charge < -0.3 is 19.9 Å². The largest absolute Gasteiger partial charge is 0.434 e. The van der Waals surface area contributed by atoms with Crippen LogP contribution in [0.2, 0.25) is 0 Å². The molecule has 2 aliphatic rings. The number of amides is 1. The highest BCUT2D eigenvalue weighted by Crippen LogP contribution is 2.23. The maximum absolute atomic E-state index is 14.2. The third-order valence-corrected chi connectivity index (χ3v) is 5.67. The molecule has 0 unspecified atom stereocenters. The van der Waals surface area contributed by atoms with Crippen LogP contribution in [0.25, 0.3) is 0 Å². The van der Waals surface area contributed by atoms with Gasteiger partial charge in [-0.2, -0.15) is 8.78 Å². The van der Waals surface area contributed by atoms with Crippen LogP contribution in [0, 0.1) is 5.82 Å². The van der Waals surface area contributed by atoms with Gasteiger partial charge >= 0.3 is 6.61 Å². The molecule has 0 atom stereocenters. The molecule has 2 fully saturated rings. The Morgan fingerprint density at radius 3 is 2.41 bits per heavy atom. The molecular weight excluding hydrogens is 538 g/mol. The Bertz CT molecular complexity index is 770. The Kier molecular flexibility index (Phi) is 10.8. The van der Waals surface area contributed by atoms with Crippen molar-refractivity contribution in [3.63, 3.8) is 0 Å². The molecule has 1 aromatic rings. The number of likely N-dealkylation sites (tertiary alicyclic amines) is 1. The number of nitrogens with one attached hydrogen (secondary N) is 1. The van der Waals surface area contributed by atoms with Gasteiger partial charge in [-0.15, -0.1) is 24.0 Å². The highest BCUT2D eigenvalue weighted by Gasteiger charge is 2.24. The number of hydrogen-bond acceptors (Lipinski definition) is 4. The molecule has 180 valence electrons. The number of halogens is 4. The van der Waals surface area contributed by atoms with Crippen LogP contribution < -0.4 is 10.1 Å². The number of benzene rings is 1. The summed E-state index contributed by atoms with van der Waals surface area (Å²) in [5, 5.41) is 3.03. The summed E-state index contributed by atoms with van der Waals surface area (Å²) in [4.78, 5) is 22.8. The highest BCUT2D eigenvalue weighted by molar-refractivity contribution is 14.0. The molecule has 2 saturated heterocycles. The van der Waals surface area contributed by atoms with Gasteiger partial charge in [-0.05, 0) is 31.4 Å². The summed E-state index contributed by atoms with van der Waals surface area (Å²) in [6.45, 7) is 1.79. The van der Waals surface area contributed by atoms with Gasteiger partial charge in [-0.1, -0.05) is 6.07 Å². The second kappa shape index (κ2) is 13.1. The Hall–Kier alpha value is -1.76. The number of piperazine rings is 1. The van der Waals surface area contributed by atoms with E-state index in [1.54, 1.807) is 7.05 Å². The van der Waals surface area contributed by atoms with E-state index in [1.807, 2.05) is 9.80 Å². The predicted octanol–water partition coefficient (Wildman–Crippen LogP) is 2.75. The number of aliphatic imine (C=N–C) groups is 1. The molecule has 0 aromatic heterocycles. The van der Waals surface area contributed by atoms with Crippen LogP contribution in [-0.4, -0.2) is 86.0 Å². The average molecular weight is 569 g/mol. The zero-order valence-corrected chi connectivity index (χ0v) is 20.6. The first-order valence-electron chi connectivity index (χ1n) is 10.7. The molecule has 0 aliphatic carbocycles. The van der Waals surface area contributed by atoms with Crippen LogP contribution in [-0.2, 0) is 11.3 Å². The second-order valence-corrected chi connectivity index (χ2v) is 7.70. The van der Waals surface area contributed by atoms with Crippen molar-refractivity contribution >= 4 is 35.8 Å². The predicted molar refractivity (Wildman–Crippen MR) is 127 cm³/mol. The molecule has 1 aromatic carbocycles. The van der Waals surface area contributed by atoms with Crippen molar-refractivity contribution in [3.8, 4) is 5.75 Å². The summed E-state index contributed by atoms with van der Waals surface area (Å²) < 4.78 is 43.8. The van der Waals surface area contributed by atoms with E-state index >= 15 is 0 Å². The van der Waals surface area contributed by atoms with Gasteiger partial charge in [0, 0.05) is 58.4 Å². The summed E-state index contributed by atoms with van der Waals surface area (Å²) in [7, 11) is 1.62. The van der Waals surface area contributed by atoms with E-state index in [0.29, 0.717) is 38.7 Å². The molecule has 1 amide bonds. The van der Waals surface area contributed by atoms with Crippen molar-refractivity contribution in [2.24, 2.45) is 4.99 Å². The fourth-order valence-corrected chi connectivity index (χ4v) is 3.97. The van der Waals surface area contributed by atoms with Crippen molar-refractivity contribution in [1.29, 1.82) is 0 Å². The number of alkyl halides is 2. The molecule has 0 saturated carbocycles. The van der Waals surface area contributed by atoms with Crippen LogP contribution >= 0.6 is 24.0 Å². The lowest BCUT2D eigenvalue weighted by Crippen LogP contribution is -2.54. The summed E-state index contributed by atoms with van der Waals surface area (Å²) >= 11 is 0. The minimum atomic E-state index is -3.03. The van der Waals surface area contributed by atoms with E-state index in [4.69, 9.17) is 0 Å². The van der Waals surface area contributed by atoms with E-state index in [-0.39, 0.29) is 47.7 Å². The minimum Gasteiger partial charge on any atom is -0.434 e. The number of carbonyl (C=O) groups excluding carboxylic acids is 1. The fourth-order valence-electron chi connectivity index (χ4n) is 3.97. The molecular formula is C21H31F3IN5O2. The normalized spacial score (nSPS) is 17.8. The van der Waals surface area contributed by atoms with Crippen LogP contribution in [0.5, 0.6) is 5.75 Å². The first kappa shape index (κ1) is 26.5. The van der Waals surface area contributed by atoms with Gasteiger partial charge in [0.25, 0.3) is 0 Å². The number of carbonyl (C=O) groups is 1. The van der Waals surface area contributed by atoms with Crippen molar-refractivity contribution in [3.05, 3.63) is 29.6 Å². The zero-order valence-electron chi connectivity index (χ0n) is 18.2. The molecule has 0 radical (unpaired) electrons. The molecule has 11 heteroatoms. The Morgan fingerprint density at radius 2 is 1.78 bits per heavy atom. The van der Waals surface area contributed by atoms with Crippen molar-refractivity contribution in [2.45, 2.75) is 32.4 Å². The number of ether oxygens (including phenoxy) is 1. The van der Waals surface area contributed by atoms with E-state index in [9.17, 15) is 18.0 Å². The molecule has 7 nitrogen and oxygen atoms in total. The molecule has 0 bridgehead atoms. The number of nitrogens with zero attached hydrogens (tertiary/aromatic N) is 4. The molecule has 3 rings (SSSR count). The topological polar surface area (TPSA) is 60.4 Å². The lowest BCUT2D eigenvalue weighted by atomic mass is 10.1. The number of rotatable bonds is 6. The van der Waals surface area contributed by atoms with Gasteiger partial charge in [0.1, 0.15) is 11.6 Å². The first-order valence-corrected chi connectivity index (χ1v) is 10.7. The first-order chi connectivity index (χ1) is 15.0. The SMILES string of the molecule is CN=C(NCc1c(F)cccc1OC(F)F)N1CCN(CC(=O)N2CCCCC2)CC1.I. The number of piperidine rings is 1. The molecule has 32 heavy (non-hydrogen) atoms. The second-order valence-electron chi connectivity index (χ2n) is 7.70. The Labute approximate surface area is 204 Å². The van der Waals surface area contributed by atoms with Gasteiger partial charge in [-0.3, -0.25) is 14.7 Å². The van der Waals surface area contributed by atoms with Gasteiger partial charge in [-0.25, -0.2) is 4.39 Å². The van der Waals surface area contributed by atoms with E-state index in [1.165, 1.54) is 24.6 Å². The van der Waals surface area contributed by atoms with Crippen LogP contribution in [0.3, 0.4) is 0 Å². The van der Waals surface area contributed by atoms with E-state index in [0.717, 1.165) is 25.9 Å². The summed E-state index contributed by atoms with van der Waals surface area (Å²) in [5.74, 6) is -0.0869. The van der Waals surface area contributed by atoms with E-state index < -0.39 is 12.4 Å². The standard InChI is InChI=1S/C21H30F3N5O2.HI/c1-25-21(26-14-16-17(22)6-5-7-18(16)31-20(23)24)29-12-10-27(11-13-29)15-19(30)28-8-3-2-4-9-28;/h5-7,20H,2-4,8-15H2,1H3,(H,25,26);1H. The lowest BCUT2D eigenvalue weighted by Gasteiger charge is -2.37. The van der Waals surface area contributed by atoms with Crippen molar-refractivity contribution in [2.75, 3.05) is 52.9 Å². The van der Waals surface area contributed by atoms with Crippen LogP contribution in [0.1, 0.15) is 24.8 Å². The third kappa shape index (κ3) is 7.39. The van der Waals surface area contributed by atoms with Crippen LogP contribution in [0.4, 0.5) is 13.2 Å². The zero-order chi connectivity index (χ0) is 22.2. The van der Waals surface area contributed by atoms with Crippen LogP contribution in [0.15, 0.2) is 23.2 Å². The molecule has 1 N–H and O–H groups in total. The molecule has 0 spiro atoms. The maximum atomic E-state index is 14.2. The smallest absolute Gasteiger partial charge is 0.387 e. The van der Waals surface area contributed by atoms with E-state index in [2.05, 4.69) is 19.9 Å². The summed E-state index contributed by atoms with van der Waals surface area (Å²) in [5.41, 5.74) is 0.0229. The minimum absolute atomic E-state index is 0.